The van der Waals surface area contributed by atoms with E-state index >= 15 is 0 Å². The number of furan rings is 2. The zero-order valence-electron chi connectivity index (χ0n) is 27.7. The number of hydrogen-bond acceptors (Lipinski definition) is 5. The van der Waals surface area contributed by atoms with Gasteiger partial charge < -0.3 is 8.83 Å². The van der Waals surface area contributed by atoms with Gasteiger partial charge >= 0.3 is 0 Å². The first-order chi connectivity index (χ1) is 25.7. The predicted molar refractivity (Wildman–Crippen MR) is 211 cm³/mol. The van der Waals surface area contributed by atoms with Gasteiger partial charge in [-0.1, -0.05) is 127 Å². The van der Waals surface area contributed by atoms with Crippen LogP contribution in [0.25, 0.3) is 111 Å². The molecule has 0 bridgehead atoms. The summed E-state index contributed by atoms with van der Waals surface area (Å²) in [6, 6.07) is 56.3. The Kier molecular flexibility index (Phi) is 6.18. The summed E-state index contributed by atoms with van der Waals surface area (Å²) in [5.41, 5.74) is 8.10. The zero-order chi connectivity index (χ0) is 34.2. The van der Waals surface area contributed by atoms with E-state index in [2.05, 4.69) is 103 Å². The Morgan fingerprint density at radius 3 is 1.92 bits per heavy atom. The fourth-order valence-corrected chi connectivity index (χ4v) is 7.65. The highest BCUT2D eigenvalue weighted by Crippen LogP contribution is 2.43. The lowest BCUT2D eigenvalue weighted by atomic mass is 9.93. The number of rotatable bonds is 4. The van der Waals surface area contributed by atoms with Crippen LogP contribution in [0.2, 0.25) is 0 Å². The second kappa shape index (κ2) is 11.2. The number of para-hydroxylation sites is 1. The molecule has 11 aromatic rings. The van der Waals surface area contributed by atoms with Gasteiger partial charge in [0.05, 0.1) is 0 Å². The van der Waals surface area contributed by atoms with Crippen molar-refractivity contribution >= 4 is 65.4 Å². The maximum Gasteiger partial charge on any atom is 0.164 e. The van der Waals surface area contributed by atoms with Crippen LogP contribution in [0.4, 0.5) is 0 Å². The fraction of sp³-hybridized carbons (Fsp3) is 0. The first kappa shape index (κ1) is 28.7. The summed E-state index contributed by atoms with van der Waals surface area (Å²) in [6.07, 6.45) is 0. The molecule has 0 aliphatic carbocycles. The van der Waals surface area contributed by atoms with Crippen LogP contribution >= 0.6 is 0 Å². The number of aromatic nitrogens is 3. The van der Waals surface area contributed by atoms with Crippen LogP contribution in [0.3, 0.4) is 0 Å². The highest BCUT2D eigenvalue weighted by atomic mass is 16.3. The van der Waals surface area contributed by atoms with Gasteiger partial charge in [0.15, 0.2) is 17.5 Å². The first-order valence-corrected chi connectivity index (χ1v) is 17.3. The average Bonchev–Trinajstić information content (AvgIpc) is 3.78. The van der Waals surface area contributed by atoms with Gasteiger partial charge in [0, 0.05) is 43.8 Å². The van der Waals surface area contributed by atoms with Crippen LogP contribution in [0.5, 0.6) is 0 Å². The van der Waals surface area contributed by atoms with Crippen molar-refractivity contribution in [2.75, 3.05) is 0 Å². The molecule has 5 nitrogen and oxygen atoms in total. The van der Waals surface area contributed by atoms with Gasteiger partial charge in [-0.2, -0.15) is 0 Å². The smallest absolute Gasteiger partial charge is 0.164 e. The molecule has 3 aromatic heterocycles. The highest BCUT2D eigenvalue weighted by Gasteiger charge is 2.20. The Hall–Kier alpha value is -7.11. The van der Waals surface area contributed by atoms with Gasteiger partial charge in [0.25, 0.3) is 0 Å². The van der Waals surface area contributed by atoms with E-state index in [4.69, 9.17) is 23.8 Å². The minimum Gasteiger partial charge on any atom is -0.456 e. The summed E-state index contributed by atoms with van der Waals surface area (Å²) >= 11 is 0. The van der Waals surface area contributed by atoms with Crippen molar-refractivity contribution in [2.45, 2.75) is 0 Å². The van der Waals surface area contributed by atoms with E-state index in [1.807, 2.05) is 60.7 Å². The molecule has 5 heteroatoms. The summed E-state index contributed by atoms with van der Waals surface area (Å²) < 4.78 is 13.1. The maximum absolute atomic E-state index is 6.86. The van der Waals surface area contributed by atoms with E-state index in [9.17, 15) is 0 Å². The largest absolute Gasteiger partial charge is 0.456 e. The van der Waals surface area contributed by atoms with Crippen molar-refractivity contribution in [3.05, 3.63) is 164 Å². The molecule has 0 aliphatic rings. The molecule has 0 fully saturated rings. The Labute approximate surface area is 297 Å². The van der Waals surface area contributed by atoms with E-state index in [1.165, 1.54) is 16.2 Å². The molecule has 11 rings (SSSR count). The van der Waals surface area contributed by atoms with E-state index in [0.717, 1.165) is 77.1 Å². The van der Waals surface area contributed by atoms with Crippen LogP contribution in [0, 0.1) is 0 Å². The molecule has 242 valence electrons. The van der Waals surface area contributed by atoms with Gasteiger partial charge in [-0.05, 0) is 63.5 Å². The number of hydrogen-bond donors (Lipinski definition) is 0. The lowest BCUT2D eigenvalue weighted by Gasteiger charge is -2.10. The zero-order valence-corrected chi connectivity index (χ0v) is 27.7. The molecule has 0 saturated carbocycles. The Balaban J connectivity index is 1.14. The van der Waals surface area contributed by atoms with Crippen LogP contribution < -0.4 is 0 Å². The highest BCUT2D eigenvalue weighted by molar-refractivity contribution is 6.19. The minimum atomic E-state index is 0.566. The summed E-state index contributed by atoms with van der Waals surface area (Å²) in [5.74, 6) is 1.74. The molecule has 0 atom stereocenters. The molecule has 0 aliphatic heterocycles. The molecule has 0 spiro atoms. The van der Waals surface area contributed by atoms with Crippen molar-refractivity contribution in [2.24, 2.45) is 0 Å². The molecule has 0 amide bonds. The standard InChI is InChI=1S/C47H27N3O2/c1-2-12-29(13-3-1)45-48-46(50-47(49-45)37-18-10-20-40-43(37)36-17-8-9-19-39(36)51-40)33-23-24-35-38-26-31-15-6-7-16-34(31)42(44(38)52-41(35)27-33)32-22-21-28-11-4-5-14-30(28)25-32/h1-27H. The molecule has 8 aromatic carbocycles. The van der Waals surface area contributed by atoms with Gasteiger partial charge in [-0.3, -0.25) is 0 Å². The van der Waals surface area contributed by atoms with E-state index in [-0.39, 0.29) is 0 Å². The Morgan fingerprint density at radius 1 is 0.346 bits per heavy atom. The molecule has 0 saturated heterocycles. The second-order valence-electron chi connectivity index (χ2n) is 13.2. The quantitative estimate of drug-likeness (QED) is 0.187. The molecule has 52 heavy (non-hydrogen) atoms. The number of fused-ring (bicyclic) bond motifs is 8. The lowest BCUT2D eigenvalue weighted by molar-refractivity contribution is 0.669. The van der Waals surface area contributed by atoms with Crippen LogP contribution in [-0.4, -0.2) is 15.0 Å². The van der Waals surface area contributed by atoms with E-state index in [0.29, 0.717) is 17.5 Å². The molecular weight excluding hydrogens is 639 g/mol. The van der Waals surface area contributed by atoms with Crippen molar-refractivity contribution < 1.29 is 8.83 Å². The maximum atomic E-state index is 6.86. The summed E-state index contributed by atoms with van der Waals surface area (Å²) in [7, 11) is 0. The van der Waals surface area contributed by atoms with Gasteiger partial charge in [-0.25, -0.2) is 15.0 Å². The molecular formula is C47H27N3O2. The summed E-state index contributed by atoms with van der Waals surface area (Å²) in [5, 5.41) is 8.84. The van der Waals surface area contributed by atoms with Crippen LogP contribution in [-0.2, 0) is 0 Å². The molecule has 0 radical (unpaired) electrons. The lowest BCUT2D eigenvalue weighted by Crippen LogP contribution is -2.00. The minimum absolute atomic E-state index is 0.566. The van der Waals surface area contributed by atoms with Crippen LogP contribution in [0.15, 0.2) is 173 Å². The molecule has 0 unspecified atom stereocenters. The van der Waals surface area contributed by atoms with Crippen LogP contribution in [0.1, 0.15) is 0 Å². The van der Waals surface area contributed by atoms with Gasteiger partial charge in [-0.15, -0.1) is 0 Å². The number of benzene rings is 8. The third kappa shape index (κ3) is 4.46. The first-order valence-electron chi connectivity index (χ1n) is 17.3. The van der Waals surface area contributed by atoms with Crippen molar-refractivity contribution in [1.29, 1.82) is 0 Å². The molecule has 3 heterocycles. The Bertz CT molecular complexity index is 3190. The topological polar surface area (TPSA) is 65.0 Å². The predicted octanol–water partition coefficient (Wildman–Crippen LogP) is 12.6. The molecule has 0 N–H and O–H groups in total. The van der Waals surface area contributed by atoms with Crippen molar-refractivity contribution in [3.8, 4) is 45.3 Å². The van der Waals surface area contributed by atoms with Gasteiger partial charge in [0.1, 0.15) is 22.3 Å². The fourth-order valence-electron chi connectivity index (χ4n) is 7.65. The van der Waals surface area contributed by atoms with E-state index in [1.54, 1.807) is 0 Å². The van der Waals surface area contributed by atoms with Gasteiger partial charge in [0.2, 0.25) is 0 Å². The van der Waals surface area contributed by atoms with Crippen molar-refractivity contribution in [3.63, 3.8) is 0 Å². The van der Waals surface area contributed by atoms with E-state index < -0.39 is 0 Å². The third-order valence-electron chi connectivity index (χ3n) is 10.1. The normalized spacial score (nSPS) is 11.8. The van der Waals surface area contributed by atoms with Crippen molar-refractivity contribution in [1.82, 2.24) is 15.0 Å². The summed E-state index contributed by atoms with van der Waals surface area (Å²) in [6.45, 7) is 0. The Morgan fingerprint density at radius 2 is 1.04 bits per heavy atom. The summed E-state index contributed by atoms with van der Waals surface area (Å²) in [4.78, 5) is 15.2. The monoisotopic (exact) mass is 665 g/mol. The number of nitrogens with zero attached hydrogens (tertiary/aromatic N) is 3. The second-order valence-corrected chi connectivity index (χ2v) is 13.2. The average molecular weight is 666 g/mol. The third-order valence-corrected chi connectivity index (χ3v) is 10.1. The SMILES string of the molecule is c1ccc(-c2nc(-c3ccc4c(c3)oc3c(-c5ccc6ccccc6c5)c5ccccc5cc34)nc(-c3cccc4oc5ccccc5c34)n2)cc1.